The number of hydrogen-bond donors (Lipinski definition) is 3. The first-order valence-electron chi connectivity index (χ1n) is 34.8. The van der Waals surface area contributed by atoms with Gasteiger partial charge in [0.05, 0.1) is 25.4 Å². The second kappa shape index (κ2) is 66.6. The Morgan fingerprint density at radius 2 is 0.610 bits per heavy atom. The van der Waals surface area contributed by atoms with Gasteiger partial charge in [-0.05, 0) is 83.5 Å². The van der Waals surface area contributed by atoms with Crippen molar-refractivity contribution in [3.05, 3.63) is 36.5 Å². The SMILES string of the molecule is CCCCCCCC/C=C\CCCCCCCCCC(=O)OCCCCCCCCCCCCCC/C=C\CCCCCCCCCCC(=O)NC(CO)C(O)/C=C/CCCCCCCCCCCCCCCCCCC. The van der Waals surface area contributed by atoms with Crippen LogP contribution in [0, 0.1) is 0 Å². The minimum atomic E-state index is -0.848. The van der Waals surface area contributed by atoms with Gasteiger partial charge in [-0.25, -0.2) is 0 Å². The predicted octanol–water partition coefficient (Wildman–Crippen LogP) is 22.3. The summed E-state index contributed by atoms with van der Waals surface area (Å²) in [6.45, 7) is 4.93. The molecule has 0 saturated heterocycles. The number of rotatable bonds is 65. The molecule has 0 radical (unpaired) electrons. The molecule has 454 valence electrons. The van der Waals surface area contributed by atoms with Crippen molar-refractivity contribution in [3.8, 4) is 0 Å². The number of hydrogen-bond acceptors (Lipinski definition) is 5. The van der Waals surface area contributed by atoms with Crippen molar-refractivity contribution in [2.75, 3.05) is 13.2 Å². The van der Waals surface area contributed by atoms with E-state index in [0.717, 1.165) is 44.9 Å². The Labute approximate surface area is 481 Å². The molecule has 0 spiro atoms. The third kappa shape index (κ3) is 63.1. The van der Waals surface area contributed by atoms with Crippen LogP contribution in [0.2, 0.25) is 0 Å². The van der Waals surface area contributed by atoms with Gasteiger partial charge in [-0.2, -0.15) is 0 Å². The fraction of sp³-hybridized carbons (Fsp3) is 0.887. The van der Waals surface area contributed by atoms with Crippen molar-refractivity contribution in [1.29, 1.82) is 0 Å². The van der Waals surface area contributed by atoms with Crippen LogP contribution in [0.5, 0.6) is 0 Å². The number of aliphatic hydroxyl groups is 2. The van der Waals surface area contributed by atoms with Gasteiger partial charge in [0.25, 0.3) is 0 Å². The lowest BCUT2D eigenvalue weighted by Crippen LogP contribution is -2.45. The topological polar surface area (TPSA) is 95.9 Å². The Bertz CT molecular complexity index is 1250. The number of nitrogens with one attached hydrogen (secondary N) is 1. The first-order chi connectivity index (χ1) is 38.0. The Morgan fingerprint density at radius 3 is 0.922 bits per heavy atom. The third-order valence-corrected chi connectivity index (χ3v) is 16.1. The standard InChI is InChI=1S/C71H135NO5/c1-3-5-7-9-11-13-15-17-19-21-28-32-35-39-43-47-51-55-59-63-69(74)68(67-73)72-70(75)64-60-56-52-48-44-40-36-33-29-26-24-22-23-25-27-30-34-38-42-46-50-54-58-62-66-77-71(76)65-61-57-53-49-45-41-37-31-20-18-16-14-12-10-8-6-4-2/h18,20,24,26,59,63,68-69,73-74H,3-17,19,21-23,25,27-58,60-62,64-67H2,1-2H3,(H,72,75)/b20-18-,26-24-,63-59+. The predicted molar refractivity (Wildman–Crippen MR) is 338 cm³/mol. The molecule has 1 amide bonds. The van der Waals surface area contributed by atoms with E-state index in [2.05, 4.69) is 43.5 Å². The van der Waals surface area contributed by atoms with Crippen LogP contribution in [0.25, 0.3) is 0 Å². The number of esters is 1. The molecule has 0 aliphatic carbocycles. The quantitative estimate of drug-likeness (QED) is 0.0320. The van der Waals surface area contributed by atoms with E-state index < -0.39 is 12.1 Å². The molecule has 0 aromatic heterocycles. The van der Waals surface area contributed by atoms with Gasteiger partial charge in [0.15, 0.2) is 0 Å². The molecular formula is C71H135NO5. The number of allylic oxidation sites excluding steroid dienone is 5. The highest BCUT2D eigenvalue weighted by molar-refractivity contribution is 5.76. The van der Waals surface area contributed by atoms with E-state index in [0.29, 0.717) is 19.4 Å². The summed E-state index contributed by atoms with van der Waals surface area (Å²) < 4.78 is 5.50. The molecule has 3 N–H and O–H groups in total. The lowest BCUT2D eigenvalue weighted by atomic mass is 10.0. The number of ether oxygens (including phenoxy) is 1. The third-order valence-electron chi connectivity index (χ3n) is 16.1. The minimum absolute atomic E-state index is 0.00918. The van der Waals surface area contributed by atoms with Gasteiger partial charge in [0.1, 0.15) is 0 Å². The lowest BCUT2D eigenvalue weighted by molar-refractivity contribution is -0.143. The summed E-state index contributed by atoms with van der Waals surface area (Å²) in [5.74, 6) is -0.0605. The fourth-order valence-electron chi connectivity index (χ4n) is 10.8. The van der Waals surface area contributed by atoms with Crippen molar-refractivity contribution in [1.82, 2.24) is 5.32 Å². The number of aliphatic hydroxyl groups excluding tert-OH is 2. The summed E-state index contributed by atoms with van der Waals surface area (Å²) in [7, 11) is 0. The second-order valence-corrected chi connectivity index (χ2v) is 23.9. The summed E-state index contributed by atoms with van der Waals surface area (Å²) in [4.78, 5) is 24.6. The van der Waals surface area contributed by atoms with E-state index in [-0.39, 0.29) is 18.5 Å². The van der Waals surface area contributed by atoms with E-state index >= 15 is 0 Å². The highest BCUT2D eigenvalue weighted by atomic mass is 16.5. The van der Waals surface area contributed by atoms with E-state index in [9.17, 15) is 19.8 Å². The maximum Gasteiger partial charge on any atom is 0.305 e. The largest absolute Gasteiger partial charge is 0.466 e. The number of carbonyl (C=O) groups excluding carboxylic acids is 2. The summed E-state index contributed by atoms with van der Waals surface area (Å²) in [5.41, 5.74) is 0. The molecule has 0 aliphatic rings. The molecule has 6 heteroatoms. The van der Waals surface area contributed by atoms with Crippen LogP contribution in [0.3, 0.4) is 0 Å². The van der Waals surface area contributed by atoms with Gasteiger partial charge >= 0.3 is 5.97 Å². The zero-order valence-corrected chi connectivity index (χ0v) is 52.0. The molecule has 6 nitrogen and oxygen atoms in total. The van der Waals surface area contributed by atoms with Crippen molar-refractivity contribution >= 4 is 11.9 Å². The second-order valence-electron chi connectivity index (χ2n) is 23.9. The number of amides is 1. The number of unbranched alkanes of at least 4 members (excludes halogenated alkanes) is 50. The van der Waals surface area contributed by atoms with E-state index in [4.69, 9.17) is 4.74 Å². The molecule has 0 aromatic rings. The van der Waals surface area contributed by atoms with Gasteiger partial charge in [-0.3, -0.25) is 9.59 Å². The normalized spacial score (nSPS) is 12.7. The monoisotopic (exact) mass is 1080 g/mol. The van der Waals surface area contributed by atoms with Crippen LogP contribution < -0.4 is 5.32 Å². The Kier molecular flexibility index (Phi) is 64.9. The molecule has 0 aliphatic heterocycles. The van der Waals surface area contributed by atoms with Gasteiger partial charge in [0.2, 0.25) is 5.91 Å². The van der Waals surface area contributed by atoms with Crippen LogP contribution in [0.1, 0.15) is 380 Å². The van der Waals surface area contributed by atoms with Crippen molar-refractivity contribution in [3.63, 3.8) is 0 Å². The summed E-state index contributed by atoms with van der Waals surface area (Å²) in [5, 5.41) is 23.2. The van der Waals surface area contributed by atoms with Crippen molar-refractivity contribution < 1.29 is 24.5 Å². The van der Waals surface area contributed by atoms with Crippen LogP contribution in [0.15, 0.2) is 36.5 Å². The zero-order chi connectivity index (χ0) is 55.7. The fourth-order valence-corrected chi connectivity index (χ4v) is 10.8. The maximum atomic E-state index is 12.5. The van der Waals surface area contributed by atoms with Gasteiger partial charge < -0.3 is 20.3 Å². The molecule has 0 saturated carbocycles. The smallest absolute Gasteiger partial charge is 0.305 e. The maximum absolute atomic E-state index is 12.5. The molecule has 2 atom stereocenters. The first-order valence-corrected chi connectivity index (χ1v) is 34.8. The van der Waals surface area contributed by atoms with E-state index in [1.807, 2.05) is 6.08 Å². The average molecular weight is 1080 g/mol. The van der Waals surface area contributed by atoms with Gasteiger partial charge in [0, 0.05) is 12.8 Å². The molecule has 77 heavy (non-hydrogen) atoms. The summed E-state index contributed by atoms with van der Waals surface area (Å²) in [6.07, 6.45) is 85.0. The molecule has 0 heterocycles. The molecule has 0 aromatic carbocycles. The first kappa shape index (κ1) is 75.1. The summed E-state index contributed by atoms with van der Waals surface area (Å²) >= 11 is 0. The van der Waals surface area contributed by atoms with Gasteiger partial charge in [-0.1, -0.05) is 320 Å². The zero-order valence-electron chi connectivity index (χ0n) is 52.0. The molecule has 2 unspecified atom stereocenters. The van der Waals surface area contributed by atoms with Crippen LogP contribution in [-0.4, -0.2) is 47.4 Å². The Balaban J connectivity index is 3.42. The average Bonchev–Trinajstić information content (AvgIpc) is 3.43. The molecule has 0 fully saturated rings. The molecule has 0 bridgehead atoms. The van der Waals surface area contributed by atoms with Gasteiger partial charge in [-0.15, -0.1) is 0 Å². The van der Waals surface area contributed by atoms with Crippen LogP contribution >= 0.6 is 0 Å². The van der Waals surface area contributed by atoms with E-state index in [1.165, 1.54) is 308 Å². The molecular weight excluding hydrogens is 947 g/mol. The van der Waals surface area contributed by atoms with Crippen molar-refractivity contribution in [2.45, 2.75) is 392 Å². The highest BCUT2D eigenvalue weighted by Crippen LogP contribution is 2.18. The molecule has 0 rings (SSSR count). The lowest BCUT2D eigenvalue weighted by Gasteiger charge is -2.20. The Morgan fingerprint density at radius 1 is 0.351 bits per heavy atom. The van der Waals surface area contributed by atoms with Crippen LogP contribution in [-0.2, 0) is 14.3 Å². The highest BCUT2D eigenvalue weighted by Gasteiger charge is 2.18. The number of carbonyl (C=O) groups is 2. The van der Waals surface area contributed by atoms with Crippen LogP contribution in [0.4, 0.5) is 0 Å². The Hall–Kier alpha value is -1.92. The van der Waals surface area contributed by atoms with E-state index in [1.54, 1.807) is 6.08 Å². The summed E-state index contributed by atoms with van der Waals surface area (Å²) in [6, 6.07) is -0.632. The minimum Gasteiger partial charge on any atom is -0.466 e. The van der Waals surface area contributed by atoms with Crippen molar-refractivity contribution in [2.24, 2.45) is 0 Å².